The number of nitrogens with zero attached hydrogens (tertiary/aromatic N) is 3. The lowest BCUT2D eigenvalue weighted by molar-refractivity contribution is 0.102. The molecule has 0 fully saturated rings. The average Bonchev–Trinajstić information content (AvgIpc) is 3.55. The maximum Gasteiger partial charge on any atom is 0.258 e. The smallest absolute Gasteiger partial charge is 0.258 e. The van der Waals surface area contributed by atoms with Crippen LogP contribution in [0.3, 0.4) is 0 Å². The van der Waals surface area contributed by atoms with Crippen LogP contribution in [0.15, 0.2) is 72.1 Å². The predicted molar refractivity (Wildman–Crippen MR) is 122 cm³/mol. The molecule has 5 aromatic rings. The lowest BCUT2D eigenvalue weighted by Crippen LogP contribution is -2.10. The standard InChI is InChI=1S/C23H19N7O2/c31-22(16-11-26-27-12-16)28-17-4-1-14(2-5-17)9-15-3-6-20-18(10-15)19(23(32)29-20)13-24-21-7-8-25-30-21/h1-8,10-13,29,32H,9H2,(H,25,30)(H,26,27)(H,28,31)/b24-13+. The first-order valence-corrected chi connectivity index (χ1v) is 9.92. The number of nitrogens with one attached hydrogen (secondary N) is 4. The number of amides is 1. The number of fused-ring (bicyclic) bond motifs is 1. The quantitative estimate of drug-likeness (QED) is 0.264. The van der Waals surface area contributed by atoms with Gasteiger partial charge in [-0.3, -0.25) is 15.0 Å². The maximum absolute atomic E-state index is 12.1. The minimum atomic E-state index is -0.214. The number of benzene rings is 2. The van der Waals surface area contributed by atoms with E-state index in [1.54, 1.807) is 24.7 Å². The number of aromatic nitrogens is 5. The van der Waals surface area contributed by atoms with E-state index in [4.69, 9.17) is 0 Å². The van der Waals surface area contributed by atoms with Crippen molar-refractivity contribution in [2.75, 3.05) is 5.32 Å². The molecule has 5 rings (SSSR count). The number of aromatic hydroxyl groups is 1. The van der Waals surface area contributed by atoms with Gasteiger partial charge in [0.1, 0.15) is 5.82 Å². The third-order valence-electron chi connectivity index (χ3n) is 5.08. The van der Waals surface area contributed by atoms with Gasteiger partial charge in [-0.15, -0.1) is 0 Å². The van der Waals surface area contributed by atoms with E-state index in [1.165, 1.54) is 6.20 Å². The molecule has 0 aliphatic heterocycles. The molecule has 9 heteroatoms. The first-order chi connectivity index (χ1) is 15.7. The Balaban J connectivity index is 1.34. The van der Waals surface area contributed by atoms with E-state index in [2.05, 4.69) is 35.7 Å². The number of carbonyl (C=O) groups is 1. The van der Waals surface area contributed by atoms with Gasteiger partial charge in [-0.2, -0.15) is 10.2 Å². The monoisotopic (exact) mass is 425 g/mol. The summed E-state index contributed by atoms with van der Waals surface area (Å²) in [5.74, 6) is 0.460. The van der Waals surface area contributed by atoms with Crippen LogP contribution in [-0.4, -0.2) is 42.6 Å². The molecule has 0 aliphatic carbocycles. The summed E-state index contributed by atoms with van der Waals surface area (Å²) in [6, 6.07) is 15.4. The Labute approximate surface area is 182 Å². The fraction of sp³-hybridized carbons (Fsp3) is 0.0435. The number of carbonyl (C=O) groups excluding carboxylic acids is 1. The molecule has 5 N–H and O–H groups in total. The van der Waals surface area contributed by atoms with E-state index in [-0.39, 0.29) is 11.8 Å². The maximum atomic E-state index is 12.1. The molecule has 2 aromatic carbocycles. The zero-order valence-corrected chi connectivity index (χ0v) is 16.8. The number of anilines is 1. The van der Waals surface area contributed by atoms with Crippen LogP contribution in [0.25, 0.3) is 10.9 Å². The third-order valence-corrected chi connectivity index (χ3v) is 5.08. The van der Waals surface area contributed by atoms with Gasteiger partial charge in [0, 0.05) is 35.1 Å². The molecule has 3 aromatic heterocycles. The number of rotatable bonds is 6. The minimum absolute atomic E-state index is 0.0677. The van der Waals surface area contributed by atoms with E-state index in [1.807, 2.05) is 42.5 Å². The molecular formula is C23H19N7O2. The minimum Gasteiger partial charge on any atom is -0.494 e. The highest BCUT2D eigenvalue weighted by Crippen LogP contribution is 2.28. The zero-order valence-electron chi connectivity index (χ0n) is 16.8. The Morgan fingerprint density at radius 2 is 1.94 bits per heavy atom. The van der Waals surface area contributed by atoms with Gasteiger partial charge in [0.2, 0.25) is 0 Å². The molecule has 1 amide bonds. The number of H-pyrrole nitrogens is 3. The molecule has 0 saturated heterocycles. The summed E-state index contributed by atoms with van der Waals surface area (Å²) in [4.78, 5) is 19.4. The van der Waals surface area contributed by atoms with Crippen LogP contribution < -0.4 is 5.32 Å². The van der Waals surface area contributed by atoms with E-state index in [0.29, 0.717) is 29.1 Å². The molecule has 0 bridgehead atoms. The van der Waals surface area contributed by atoms with Crippen molar-refractivity contribution in [1.29, 1.82) is 0 Å². The van der Waals surface area contributed by atoms with Crippen molar-refractivity contribution >= 4 is 34.5 Å². The summed E-state index contributed by atoms with van der Waals surface area (Å²) in [6.45, 7) is 0. The van der Waals surface area contributed by atoms with Gasteiger partial charge in [-0.25, -0.2) is 4.99 Å². The number of aromatic amines is 3. The highest BCUT2D eigenvalue weighted by atomic mass is 16.3. The Kier molecular flexibility index (Phi) is 4.97. The first-order valence-electron chi connectivity index (χ1n) is 9.92. The lowest BCUT2D eigenvalue weighted by Gasteiger charge is -2.06. The molecular weight excluding hydrogens is 406 g/mol. The molecule has 0 saturated carbocycles. The average molecular weight is 425 g/mol. The molecule has 32 heavy (non-hydrogen) atoms. The van der Waals surface area contributed by atoms with Crippen LogP contribution in [0.5, 0.6) is 5.88 Å². The molecule has 0 unspecified atom stereocenters. The third kappa shape index (κ3) is 3.99. The number of aliphatic imine (C=N–C) groups is 1. The van der Waals surface area contributed by atoms with Crippen molar-refractivity contribution in [3.63, 3.8) is 0 Å². The molecule has 3 heterocycles. The largest absolute Gasteiger partial charge is 0.494 e. The SMILES string of the molecule is O=C(Nc1ccc(Cc2ccc3[nH]c(O)c(/C=N/c4ccn[nH]4)c3c2)cc1)c1cn[nH]c1. The van der Waals surface area contributed by atoms with Crippen LogP contribution in [0, 0.1) is 0 Å². The van der Waals surface area contributed by atoms with Gasteiger partial charge < -0.3 is 15.4 Å². The second kappa shape index (κ2) is 8.23. The van der Waals surface area contributed by atoms with Gasteiger partial charge >= 0.3 is 0 Å². The number of hydrogen-bond donors (Lipinski definition) is 5. The van der Waals surface area contributed by atoms with Crippen molar-refractivity contribution in [3.8, 4) is 5.88 Å². The van der Waals surface area contributed by atoms with Gasteiger partial charge in [-0.05, 0) is 41.8 Å². The van der Waals surface area contributed by atoms with Crippen LogP contribution in [-0.2, 0) is 6.42 Å². The van der Waals surface area contributed by atoms with E-state index >= 15 is 0 Å². The van der Waals surface area contributed by atoms with Crippen LogP contribution in [0.4, 0.5) is 11.5 Å². The fourth-order valence-electron chi connectivity index (χ4n) is 3.46. The van der Waals surface area contributed by atoms with Crippen molar-refractivity contribution in [2.45, 2.75) is 6.42 Å². The van der Waals surface area contributed by atoms with Crippen molar-refractivity contribution in [3.05, 3.63) is 89.4 Å². The summed E-state index contributed by atoms with van der Waals surface area (Å²) < 4.78 is 0. The van der Waals surface area contributed by atoms with E-state index in [9.17, 15) is 9.90 Å². The molecule has 9 nitrogen and oxygen atoms in total. The van der Waals surface area contributed by atoms with Crippen LogP contribution in [0.2, 0.25) is 0 Å². The predicted octanol–water partition coefficient (Wildman–Crippen LogP) is 3.91. The highest BCUT2D eigenvalue weighted by molar-refractivity contribution is 6.04. The Bertz CT molecular complexity index is 1380. The second-order valence-corrected chi connectivity index (χ2v) is 7.28. The summed E-state index contributed by atoms with van der Waals surface area (Å²) in [6.07, 6.45) is 6.96. The summed E-state index contributed by atoms with van der Waals surface area (Å²) in [7, 11) is 0. The molecule has 0 spiro atoms. The van der Waals surface area contributed by atoms with E-state index < -0.39 is 0 Å². The highest BCUT2D eigenvalue weighted by Gasteiger charge is 2.11. The van der Waals surface area contributed by atoms with E-state index in [0.717, 1.165) is 22.0 Å². The summed E-state index contributed by atoms with van der Waals surface area (Å²) in [5, 5.41) is 27.1. The van der Waals surface area contributed by atoms with Gasteiger partial charge in [0.25, 0.3) is 5.91 Å². The van der Waals surface area contributed by atoms with Gasteiger partial charge in [0.15, 0.2) is 5.88 Å². The van der Waals surface area contributed by atoms with Gasteiger partial charge in [-0.1, -0.05) is 18.2 Å². The number of hydrogen-bond acceptors (Lipinski definition) is 5. The van der Waals surface area contributed by atoms with Crippen LogP contribution in [0.1, 0.15) is 27.0 Å². The second-order valence-electron chi connectivity index (χ2n) is 7.28. The normalized spacial score (nSPS) is 11.4. The summed E-state index contributed by atoms with van der Waals surface area (Å²) >= 11 is 0. The van der Waals surface area contributed by atoms with Crippen molar-refractivity contribution in [2.24, 2.45) is 4.99 Å². The van der Waals surface area contributed by atoms with Crippen molar-refractivity contribution in [1.82, 2.24) is 25.4 Å². The zero-order chi connectivity index (χ0) is 21.9. The summed E-state index contributed by atoms with van der Waals surface area (Å²) in [5.41, 5.74) is 4.82. The van der Waals surface area contributed by atoms with Crippen molar-refractivity contribution < 1.29 is 9.90 Å². The first kappa shape index (κ1) is 19.3. The fourth-order valence-corrected chi connectivity index (χ4v) is 3.46. The molecule has 158 valence electrons. The Morgan fingerprint density at radius 3 is 2.69 bits per heavy atom. The topological polar surface area (TPSA) is 135 Å². The Hall–Kier alpha value is -4.66. The molecule has 0 aliphatic rings. The molecule has 0 radical (unpaired) electrons. The van der Waals surface area contributed by atoms with Gasteiger partial charge in [0.05, 0.1) is 23.5 Å². The van der Waals surface area contributed by atoms with Crippen LogP contribution >= 0.6 is 0 Å². The molecule has 0 atom stereocenters. The lowest BCUT2D eigenvalue weighted by atomic mass is 10.0. The Morgan fingerprint density at radius 1 is 1.09 bits per heavy atom.